The maximum Gasteiger partial charge on any atom is 0.188 e. The van der Waals surface area contributed by atoms with Gasteiger partial charge in [-0.15, -0.1) is 0 Å². The lowest BCUT2D eigenvalue weighted by molar-refractivity contribution is -0.00100. The van der Waals surface area contributed by atoms with E-state index in [9.17, 15) is 0 Å². The minimum atomic E-state index is -3.05. The second kappa shape index (κ2) is 29.8. The highest BCUT2D eigenvalue weighted by atomic mass is 79.9. The molecule has 8 aromatic carbocycles. The van der Waals surface area contributed by atoms with E-state index < -0.39 is 14.5 Å². The summed E-state index contributed by atoms with van der Waals surface area (Å²) in [5.41, 5.74) is 2.18. The lowest BCUT2D eigenvalue weighted by Crippen LogP contribution is -3.00. The minimum absolute atomic E-state index is 0. The van der Waals surface area contributed by atoms with E-state index in [2.05, 4.69) is 109 Å². The summed E-state index contributed by atoms with van der Waals surface area (Å²) in [6, 6.07) is 62.4. The lowest BCUT2D eigenvalue weighted by atomic mass is 10.0. The molecule has 0 N–H and O–H groups in total. The molecular weight excluding hydrogens is 1130 g/mol. The topological polar surface area (TPSA) is 111 Å². The third-order valence-electron chi connectivity index (χ3n) is 12.5. The van der Waals surface area contributed by atoms with Gasteiger partial charge in [0, 0.05) is 42.7 Å². The van der Waals surface area contributed by atoms with Gasteiger partial charge in [-0.05, 0) is 94.7 Å². The number of rotatable bonds is 28. The molecule has 0 bridgehead atoms. The fraction of sp³-hybridized carbons (Fsp3) is 0.233. The van der Waals surface area contributed by atoms with Crippen molar-refractivity contribution in [1.29, 1.82) is 0 Å². The number of benzene rings is 8. The largest absolute Gasteiger partial charge is 1.00 e. The van der Waals surface area contributed by atoms with E-state index in [0.717, 1.165) is 53.7 Å². The molecule has 0 heterocycles. The smallest absolute Gasteiger partial charge is 0.188 e. The third-order valence-corrected chi connectivity index (χ3v) is 21.3. The first-order valence-corrected chi connectivity index (χ1v) is 28.0. The normalized spacial score (nSPS) is 11.3. The van der Waals surface area contributed by atoms with Crippen LogP contribution in [0.15, 0.2) is 182 Å². The van der Waals surface area contributed by atoms with Crippen LogP contribution in [-0.4, -0.2) is 83.4 Å². The molecule has 0 spiro atoms. The second-order valence-electron chi connectivity index (χ2n) is 17.0. The Morgan fingerprint density at radius 2 is 0.474 bits per heavy atom. The summed E-state index contributed by atoms with van der Waals surface area (Å²) >= 11 is 0. The third kappa shape index (κ3) is 13.0. The van der Waals surface area contributed by atoms with Crippen molar-refractivity contribution in [1.82, 2.24) is 0 Å². The predicted molar refractivity (Wildman–Crippen MR) is 297 cm³/mol. The molecule has 16 heteroatoms. The van der Waals surface area contributed by atoms with Gasteiger partial charge in [-0.3, -0.25) is 0 Å². The summed E-state index contributed by atoms with van der Waals surface area (Å²) in [7, 11) is 3.64. The molecule has 0 aliphatic heterocycles. The van der Waals surface area contributed by atoms with E-state index in [4.69, 9.17) is 56.8 Å². The Kier molecular flexibility index (Phi) is 23.4. The first kappa shape index (κ1) is 59.6. The Hall–Kier alpha value is -5.60. The van der Waals surface area contributed by atoms with Crippen LogP contribution in [0.2, 0.25) is 0 Å². The average molecular weight is 1200 g/mol. The van der Waals surface area contributed by atoms with Crippen LogP contribution in [0.5, 0.6) is 34.5 Å². The van der Waals surface area contributed by atoms with Gasteiger partial charge in [0.25, 0.3) is 0 Å². The van der Waals surface area contributed by atoms with Crippen LogP contribution in [0.3, 0.4) is 0 Å². The predicted octanol–water partition coefficient (Wildman–Crippen LogP) is 3.73. The second-order valence-corrected chi connectivity index (χ2v) is 23.7. The van der Waals surface area contributed by atoms with Gasteiger partial charge in [0.05, 0.1) is 12.3 Å². The molecule has 0 aliphatic rings. The molecule has 76 heavy (non-hydrogen) atoms. The van der Waals surface area contributed by atoms with E-state index in [0.29, 0.717) is 46.8 Å². The molecule has 0 amide bonds. The number of fused-ring (bicyclic) bond motifs is 1. The van der Waals surface area contributed by atoms with Crippen LogP contribution in [0.25, 0.3) is 10.8 Å². The molecule has 0 aromatic heterocycles. The molecule has 400 valence electrons. The monoisotopic (exact) mass is 1200 g/mol. The van der Waals surface area contributed by atoms with Gasteiger partial charge in [-0.2, -0.15) is 0 Å². The van der Waals surface area contributed by atoms with Crippen molar-refractivity contribution < 1.29 is 90.8 Å². The molecule has 0 radical (unpaired) electrons. The highest BCUT2D eigenvalue weighted by Crippen LogP contribution is 2.66. The zero-order valence-corrected chi connectivity index (χ0v) is 48.5. The maximum atomic E-state index is 6.57. The first-order valence-electron chi connectivity index (χ1n) is 24.0. The van der Waals surface area contributed by atoms with Crippen LogP contribution >= 0.6 is 14.5 Å². The zero-order chi connectivity index (χ0) is 51.6. The first-order chi connectivity index (χ1) is 36.5. The maximum absolute atomic E-state index is 6.57. The van der Waals surface area contributed by atoms with E-state index in [1.54, 1.807) is 42.7 Å². The van der Waals surface area contributed by atoms with Crippen molar-refractivity contribution >= 4 is 57.1 Å². The molecule has 8 aromatic rings. The average Bonchev–Trinajstić information content (AvgIpc) is 3.51. The Labute approximate surface area is 468 Å². The van der Waals surface area contributed by atoms with Crippen LogP contribution < -0.4 is 94.2 Å². The fourth-order valence-corrected chi connectivity index (χ4v) is 18.9. The van der Waals surface area contributed by atoms with Gasteiger partial charge in [-0.25, -0.2) is 0 Å². The highest BCUT2D eigenvalue weighted by molar-refractivity contribution is 7.96. The molecular formula is C60H64Br2O12P2. The molecule has 12 nitrogen and oxygen atoms in total. The SMILES string of the molecule is COCOc1ccccc1[P+](Cc1cccc2cccc(C[P+](c3ccccc3OCOC)(c3ccccc3OCOC)c3ccccc3OCOC)c12)(c1ccccc1OCOC)c1ccccc1OCOC.[Br-].[Br-]. The molecule has 0 unspecified atom stereocenters. The van der Waals surface area contributed by atoms with Gasteiger partial charge in [0.1, 0.15) is 46.4 Å². The Balaban J connectivity index is 0.00000469. The number of hydrogen-bond acceptors (Lipinski definition) is 12. The van der Waals surface area contributed by atoms with Crippen molar-refractivity contribution in [3.8, 4) is 34.5 Å². The van der Waals surface area contributed by atoms with Crippen LogP contribution in [0.4, 0.5) is 0 Å². The highest BCUT2D eigenvalue weighted by Gasteiger charge is 2.54. The van der Waals surface area contributed by atoms with Crippen molar-refractivity contribution in [2.24, 2.45) is 0 Å². The molecule has 0 fully saturated rings. The molecule has 0 aliphatic carbocycles. The Bertz CT molecular complexity index is 2620. The van der Waals surface area contributed by atoms with Crippen LogP contribution in [0.1, 0.15) is 11.1 Å². The van der Waals surface area contributed by atoms with Crippen LogP contribution in [0, 0.1) is 0 Å². The summed E-state index contributed by atoms with van der Waals surface area (Å²) in [4.78, 5) is 0. The summed E-state index contributed by atoms with van der Waals surface area (Å²) in [5, 5.41) is 7.94. The number of ether oxygens (including phenoxy) is 12. The number of hydrogen-bond donors (Lipinski definition) is 0. The van der Waals surface area contributed by atoms with E-state index in [1.807, 2.05) is 72.8 Å². The summed E-state index contributed by atoms with van der Waals surface area (Å²) < 4.78 is 72.9. The van der Waals surface area contributed by atoms with E-state index in [-0.39, 0.29) is 74.7 Å². The fourth-order valence-electron chi connectivity index (χ4n) is 9.67. The quantitative estimate of drug-likeness (QED) is 0.0527. The van der Waals surface area contributed by atoms with Gasteiger partial charge >= 0.3 is 0 Å². The van der Waals surface area contributed by atoms with Crippen molar-refractivity contribution in [2.75, 3.05) is 83.4 Å². The molecule has 8 rings (SSSR count). The number of methoxy groups -OCH3 is 6. The summed E-state index contributed by atoms with van der Waals surface area (Å²) in [5.74, 6) is 4.02. The van der Waals surface area contributed by atoms with E-state index in [1.165, 1.54) is 0 Å². The van der Waals surface area contributed by atoms with Gasteiger partial charge in [0.15, 0.2) is 75.3 Å². The Morgan fingerprint density at radius 1 is 0.263 bits per heavy atom. The van der Waals surface area contributed by atoms with Gasteiger partial charge in [0.2, 0.25) is 0 Å². The summed E-state index contributed by atoms with van der Waals surface area (Å²) in [6.45, 7) is 0.200. The zero-order valence-electron chi connectivity index (χ0n) is 43.5. The molecule has 0 saturated carbocycles. The number of halogens is 2. The lowest BCUT2D eigenvalue weighted by Gasteiger charge is -2.33. The van der Waals surface area contributed by atoms with Crippen molar-refractivity contribution in [3.05, 3.63) is 193 Å². The minimum Gasteiger partial charge on any atom is -1.00 e. The van der Waals surface area contributed by atoms with E-state index >= 15 is 0 Å². The molecule has 0 saturated heterocycles. The Morgan fingerprint density at radius 3 is 0.684 bits per heavy atom. The van der Waals surface area contributed by atoms with Gasteiger partial charge in [-0.1, -0.05) is 109 Å². The van der Waals surface area contributed by atoms with Crippen molar-refractivity contribution in [3.63, 3.8) is 0 Å². The standard InChI is InChI=1S/C60H64O12P2.2BrH/c1-61-39-67-48-25-7-13-31-54(48)73(55-32-14-8-26-49(55)68-40-62-2,56-33-15-9-27-50(56)69-41-63-3)37-46-23-19-21-45-22-20-24-47(60(45)46)38-74(57-34-16-10-28-51(57)70-42-64-4,58-35-17-11-29-52(58)71-43-65-5)59-36-18-12-30-53(59)72-44-66-6;;/h7-36H,37-44H2,1-6H3;2*1H/q+2;;/p-2. The summed E-state index contributed by atoms with van der Waals surface area (Å²) in [6.07, 6.45) is 0.991. The van der Waals surface area contributed by atoms with Crippen LogP contribution in [-0.2, 0) is 40.7 Å². The van der Waals surface area contributed by atoms with Crippen molar-refractivity contribution in [2.45, 2.75) is 12.3 Å². The molecule has 0 atom stereocenters. The van der Waals surface area contributed by atoms with Gasteiger partial charge < -0.3 is 90.8 Å². The number of para-hydroxylation sites is 6.